The fourth-order valence-electron chi connectivity index (χ4n) is 2.31. The van der Waals surface area contributed by atoms with E-state index in [-0.39, 0.29) is 17.6 Å². The Labute approximate surface area is 128 Å². The second-order valence-electron chi connectivity index (χ2n) is 4.69. The highest BCUT2D eigenvalue weighted by Gasteiger charge is 2.27. The van der Waals surface area contributed by atoms with E-state index in [0.717, 1.165) is 16.4 Å². The van der Waals surface area contributed by atoms with Crippen LogP contribution >= 0.6 is 11.8 Å². The summed E-state index contributed by atoms with van der Waals surface area (Å²) in [4.78, 5) is 16.5. The number of carbonyl (C=O) groups excluding carboxylic acids is 1. The minimum absolute atomic E-state index is 0.0269. The van der Waals surface area contributed by atoms with E-state index in [2.05, 4.69) is 10.3 Å². The topological polar surface area (TPSA) is 70.9 Å². The number of ether oxygens (including phenoxy) is 1. The Morgan fingerprint density at radius 1 is 1.48 bits per heavy atom. The molecule has 0 saturated heterocycles. The van der Waals surface area contributed by atoms with Crippen LogP contribution in [0.1, 0.15) is 25.5 Å². The number of rotatable bonds is 3. The number of carbonyl (C=O) groups is 1. The second-order valence-corrected chi connectivity index (χ2v) is 5.49. The lowest BCUT2D eigenvalue weighted by atomic mass is 9.94. The smallest absolute Gasteiger partial charge is 0.161 e. The highest BCUT2D eigenvalue weighted by Crippen LogP contribution is 2.36. The normalized spacial score (nSPS) is 18.1. The third kappa shape index (κ3) is 3.05. The van der Waals surface area contributed by atoms with Crippen LogP contribution in [-0.2, 0) is 4.79 Å². The first-order chi connectivity index (χ1) is 9.97. The summed E-state index contributed by atoms with van der Waals surface area (Å²) in [7, 11) is 1.49. The summed E-state index contributed by atoms with van der Waals surface area (Å²) >= 11 is 1.49. The minimum atomic E-state index is -0.388. The van der Waals surface area contributed by atoms with Gasteiger partial charge in [-0.15, -0.1) is 0 Å². The number of thioether (sulfide) groups is 1. The molecule has 0 aromatic heterocycles. The lowest BCUT2D eigenvalue weighted by Crippen LogP contribution is -2.28. The zero-order valence-electron chi connectivity index (χ0n) is 12.4. The van der Waals surface area contributed by atoms with Crippen LogP contribution in [0.25, 0.3) is 0 Å². The predicted molar refractivity (Wildman–Crippen MR) is 84.9 cm³/mol. The van der Waals surface area contributed by atoms with Crippen LogP contribution in [0.2, 0.25) is 0 Å². The highest BCUT2D eigenvalue weighted by atomic mass is 32.2. The molecule has 1 aliphatic heterocycles. The molecule has 0 unspecified atom stereocenters. The Bertz CT molecular complexity index is 638. The molecule has 1 atom stereocenters. The molecule has 1 aliphatic rings. The van der Waals surface area contributed by atoms with E-state index < -0.39 is 0 Å². The molecule has 0 aliphatic carbocycles. The van der Waals surface area contributed by atoms with Crippen molar-refractivity contribution in [3.63, 3.8) is 0 Å². The number of Topliss-reactive ketones (excluding diaryl/α,β-unsaturated/α-hetero) is 1. The van der Waals surface area contributed by atoms with Gasteiger partial charge in [0.25, 0.3) is 0 Å². The molecule has 0 fully saturated rings. The van der Waals surface area contributed by atoms with E-state index in [4.69, 9.17) is 4.74 Å². The van der Waals surface area contributed by atoms with E-state index in [1.165, 1.54) is 25.8 Å². The molecule has 0 saturated carbocycles. The zero-order chi connectivity index (χ0) is 15.6. The molecule has 1 heterocycles. The maximum absolute atomic E-state index is 12.0. The summed E-state index contributed by atoms with van der Waals surface area (Å²) in [6, 6.07) is 4.63. The van der Waals surface area contributed by atoms with E-state index in [1.807, 2.05) is 13.2 Å². The number of hydrogen-bond donors (Lipinski definition) is 2. The molecule has 1 aromatic rings. The Kier molecular flexibility index (Phi) is 4.57. The number of allylic oxidation sites excluding steroid dienone is 1. The number of ketones is 1. The molecule has 2 N–H and O–H groups in total. The molecule has 21 heavy (non-hydrogen) atoms. The van der Waals surface area contributed by atoms with Crippen LogP contribution in [0.3, 0.4) is 0 Å². The number of phenols is 1. The van der Waals surface area contributed by atoms with Gasteiger partial charge in [0.2, 0.25) is 0 Å². The Balaban J connectivity index is 2.54. The van der Waals surface area contributed by atoms with Gasteiger partial charge in [-0.3, -0.25) is 4.79 Å². The van der Waals surface area contributed by atoms with Crippen LogP contribution in [0.15, 0.2) is 34.5 Å². The largest absolute Gasteiger partial charge is 0.504 e. The highest BCUT2D eigenvalue weighted by molar-refractivity contribution is 8.13. The van der Waals surface area contributed by atoms with Gasteiger partial charge in [-0.1, -0.05) is 17.8 Å². The molecule has 1 aromatic carbocycles. The van der Waals surface area contributed by atoms with Gasteiger partial charge in [0, 0.05) is 11.3 Å². The maximum Gasteiger partial charge on any atom is 0.161 e. The third-order valence-corrected chi connectivity index (χ3v) is 3.90. The number of methoxy groups -OCH3 is 1. The van der Waals surface area contributed by atoms with Crippen LogP contribution < -0.4 is 10.1 Å². The SMILES string of the molecule is COc1cc([C@@H]2N=C(SC)NC(C)=C2C(C)=O)ccc1O. The Morgan fingerprint density at radius 2 is 2.19 bits per heavy atom. The average Bonchev–Trinajstić information content (AvgIpc) is 2.46. The molecular weight excluding hydrogens is 288 g/mol. The van der Waals surface area contributed by atoms with Crippen molar-refractivity contribution < 1.29 is 14.6 Å². The van der Waals surface area contributed by atoms with Crippen LogP contribution in [0.5, 0.6) is 11.5 Å². The molecular formula is C15H18N2O3S. The van der Waals surface area contributed by atoms with E-state index in [9.17, 15) is 9.90 Å². The first kappa shape index (κ1) is 15.4. The number of nitrogens with one attached hydrogen (secondary N) is 1. The van der Waals surface area contributed by atoms with Gasteiger partial charge < -0.3 is 15.2 Å². The number of benzene rings is 1. The Hall–Kier alpha value is -1.95. The molecule has 6 heteroatoms. The van der Waals surface area contributed by atoms with Crippen LogP contribution in [0.4, 0.5) is 0 Å². The van der Waals surface area contributed by atoms with Crippen LogP contribution in [-0.4, -0.2) is 29.4 Å². The number of aromatic hydroxyl groups is 1. The number of amidine groups is 1. The van der Waals surface area contributed by atoms with Gasteiger partial charge in [0.05, 0.1) is 7.11 Å². The van der Waals surface area contributed by atoms with E-state index in [1.54, 1.807) is 18.2 Å². The molecule has 2 rings (SSSR count). The van der Waals surface area contributed by atoms with Crippen molar-refractivity contribution in [1.29, 1.82) is 0 Å². The molecule has 0 spiro atoms. The first-order valence-electron chi connectivity index (χ1n) is 6.45. The molecule has 0 bridgehead atoms. The zero-order valence-corrected chi connectivity index (χ0v) is 13.2. The standard InChI is InChI=1S/C15H18N2O3S/c1-8-13(9(2)18)14(17-15(16-8)21-4)10-5-6-11(19)12(7-10)20-3/h5-7,14,19H,1-4H3,(H,16,17)/t14-/m0/s1. The summed E-state index contributed by atoms with van der Waals surface area (Å²) in [5.74, 6) is 0.405. The van der Waals surface area contributed by atoms with E-state index >= 15 is 0 Å². The molecule has 112 valence electrons. The molecule has 5 nitrogen and oxygen atoms in total. The van der Waals surface area contributed by atoms with Gasteiger partial charge in [-0.25, -0.2) is 4.99 Å². The summed E-state index contributed by atoms with van der Waals surface area (Å²) < 4.78 is 5.13. The monoisotopic (exact) mass is 306 g/mol. The summed E-state index contributed by atoms with van der Waals surface area (Å²) in [5.41, 5.74) is 2.24. The fourth-order valence-corrected chi connectivity index (χ4v) is 2.78. The minimum Gasteiger partial charge on any atom is -0.504 e. The third-order valence-electron chi connectivity index (χ3n) is 3.31. The van der Waals surface area contributed by atoms with Crippen LogP contribution in [0, 0.1) is 0 Å². The van der Waals surface area contributed by atoms with Crippen molar-refractivity contribution in [2.45, 2.75) is 19.9 Å². The average molecular weight is 306 g/mol. The van der Waals surface area contributed by atoms with Crippen molar-refractivity contribution in [2.75, 3.05) is 13.4 Å². The van der Waals surface area contributed by atoms with E-state index in [0.29, 0.717) is 11.3 Å². The Morgan fingerprint density at radius 3 is 2.76 bits per heavy atom. The predicted octanol–water partition coefficient (Wildman–Crippen LogP) is 2.63. The fraction of sp³-hybridized carbons (Fsp3) is 0.333. The summed E-state index contributed by atoms with van der Waals surface area (Å²) in [6.07, 6.45) is 1.92. The molecule has 0 radical (unpaired) electrons. The number of phenolic OH excluding ortho intramolecular Hbond substituents is 1. The lowest BCUT2D eigenvalue weighted by Gasteiger charge is -2.25. The first-order valence-corrected chi connectivity index (χ1v) is 7.67. The molecule has 0 amide bonds. The van der Waals surface area contributed by atoms with Gasteiger partial charge in [0.15, 0.2) is 22.4 Å². The quantitative estimate of drug-likeness (QED) is 0.898. The van der Waals surface area contributed by atoms with Crippen molar-refractivity contribution in [3.05, 3.63) is 35.0 Å². The summed E-state index contributed by atoms with van der Waals surface area (Å²) in [5, 5.41) is 13.6. The maximum atomic E-state index is 12.0. The second kappa shape index (κ2) is 6.22. The van der Waals surface area contributed by atoms with Gasteiger partial charge in [-0.2, -0.15) is 0 Å². The van der Waals surface area contributed by atoms with Gasteiger partial charge in [0.1, 0.15) is 6.04 Å². The van der Waals surface area contributed by atoms with Gasteiger partial charge >= 0.3 is 0 Å². The number of aliphatic imine (C=N–C) groups is 1. The lowest BCUT2D eigenvalue weighted by molar-refractivity contribution is -0.113. The van der Waals surface area contributed by atoms with Crippen molar-refractivity contribution in [2.24, 2.45) is 4.99 Å². The van der Waals surface area contributed by atoms with Crippen molar-refractivity contribution >= 4 is 22.7 Å². The summed E-state index contributed by atoms with van der Waals surface area (Å²) in [6.45, 7) is 3.40. The number of nitrogens with zero attached hydrogens (tertiary/aromatic N) is 1. The van der Waals surface area contributed by atoms with Gasteiger partial charge in [-0.05, 0) is 37.8 Å². The number of hydrogen-bond acceptors (Lipinski definition) is 6. The van der Waals surface area contributed by atoms with Crippen molar-refractivity contribution in [3.8, 4) is 11.5 Å². The van der Waals surface area contributed by atoms with Crippen molar-refractivity contribution in [1.82, 2.24) is 5.32 Å².